The van der Waals surface area contributed by atoms with E-state index in [0.717, 1.165) is 17.0 Å². The summed E-state index contributed by atoms with van der Waals surface area (Å²) in [5, 5.41) is 0. The van der Waals surface area contributed by atoms with E-state index in [1.165, 1.54) is 12.1 Å². The van der Waals surface area contributed by atoms with Gasteiger partial charge in [0.1, 0.15) is 17.2 Å². The summed E-state index contributed by atoms with van der Waals surface area (Å²) in [5.74, 6) is 0. The van der Waals surface area contributed by atoms with E-state index >= 15 is 0 Å². The van der Waals surface area contributed by atoms with Crippen molar-refractivity contribution in [2.45, 2.75) is 18.2 Å². The molecular formula is C14H15NO4S. The Labute approximate surface area is 118 Å². The second-order valence-corrected chi connectivity index (χ2v) is 5.79. The lowest BCUT2D eigenvalue weighted by Gasteiger charge is -2.07. The minimum atomic E-state index is -4.39. The van der Waals surface area contributed by atoms with Crippen molar-refractivity contribution in [3.05, 3.63) is 59.4 Å². The first kappa shape index (κ1) is 14.5. The van der Waals surface area contributed by atoms with Gasteiger partial charge in [-0.3, -0.25) is 4.84 Å². The van der Waals surface area contributed by atoms with Gasteiger partial charge in [0.05, 0.1) is 11.3 Å². The topological polar surface area (TPSA) is 70.3 Å². The van der Waals surface area contributed by atoms with Crippen LogP contribution in [0.1, 0.15) is 17.0 Å². The summed E-state index contributed by atoms with van der Waals surface area (Å²) in [6, 6.07) is 11.7. The average molecular weight is 293 g/mol. The lowest BCUT2D eigenvalue weighted by molar-refractivity contribution is -0.894. The van der Waals surface area contributed by atoms with Gasteiger partial charge in [-0.05, 0) is 23.8 Å². The largest absolute Gasteiger partial charge is 0.744 e. The predicted molar refractivity (Wildman–Crippen MR) is 71.1 cm³/mol. The van der Waals surface area contributed by atoms with Crippen molar-refractivity contribution in [1.82, 2.24) is 0 Å². The van der Waals surface area contributed by atoms with Gasteiger partial charge in [0.25, 0.3) is 0 Å². The highest BCUT2D eigenvalue weighted by atomic mass is 32.2. The monoisotopic (exact) mass is 293 g/mol. The fraction of sp³-hybridized carbons (Fsp3) is 0.214. The Morgan fingerprint density at radius 3 is 2.35 bits per heavy atom. The molecular weight excluding hydrogens is 278 g/mol. The molecule has 0 aliphatic carbocycles. The maximum absolute atomic E-state index is 10.9. The first-order valence-electron chi connectivity index (χ1n) is 6.01. The van der Waals surface area contributed by atoms with Crippen LogP contribution in [0.4, 0.5) is 0 Å². The van der Waals surface area contributed by atoms with Gasteiger partial charge in [-0.2, -0.15) is 0 Å². The molecule has 0 radical (unpaired) electrons. The summed E-state index contributed by atoms with van der Waals surface area (Å²) in [7, 11) is -2.80. The Hall–Kier alpha value is -1.92. The van der Waals surface area contributed by atoms with Crippen LogP contribution in [0.25, 0.3) is 0 Å². The maximum atomic E-state index is 10.9. The predicted octanol–water partition coefficient (Wildman–Crippen LogP) is 0.836. The molecule has 1 aromatic heterocycles. The van der Waals surface area contributed by atoms with Crippen molar-refractivity contribution >= 4 is 10.1 Å². The molecule has 0 aliphatic rings. The zero-order valence-electron chi connectivity index (χ0n) is 11.2. The quantitative estimate of drug-likeness (QED) is 0.618. The van der Waals surface area contributed by atoms with Gasteiger partial charge in [0.2, 0.25) is 11.4 Å². The molecule has 0 amide bonds. The van der Waals surface area contributed by atoms with Crippen LogP contribution in [0, 0.1) is 6.92 Å². The van der Waals surface area contributed by atoms with Crippen LogP contribution in [0.2, 0.25) is 0 Å². The number of aromatic nitrogens is 1. The zero-order chi connectivity index (χ0) is 14.8. The third-order valence-electron chi connectivity index (χ3n) is 2.99. The number of rotatable bonds is 4. The van der Waals surface area contributed by atoms with Crippen molar-refractivity contribution in [3.63, 3.8) is 0 Å². The van der Waals surface area contributed by atoms with E-state index in [1.54, 1.807) is 24.0 Å². The van der Waals surface area contributed by atoms with Crippen LogP contribution in [-0.2, 0) is 16.5 Å². The number of hydrogen-bond acceptors (Lipinski definition) is 4. The third kappa shape index (κ3) is 3.15. The number of aryl methyl sites for hydroxylation is 1. The number of benzene rings is 1. The van der Waals surface area contributed by atoms with Crippen molar-refractivity contribution in [3.8, 4) is 0 Å². The van der Waals surface area contributed by atoms with Gasteiger partial charge < -0.3 is 4.55 Å². The fourth-order valence-electron chi connectivity index (χ4n) is 2.04. The minimum Gasteiger partial charge on any atom is -0.744 e. The number of nitrogens with zero attached hydrogens (tertiary/aromatic N) is 1. The molecule has 0 saturated heterocycles. The lowest BCUT2D eigenvalue weighted by atomic mass is 10.1. The van der Waals surface area contributed by atoms with E-state index in [9.17, 15) is 13.0 Å². The molecule has 1 aromatic carbocycles. The van der Waals surface area contributed by atoms with E-state index in [4.69, 9.17) is 4.84 Å². The molecule has 0 bridgehead atoms. The Morgan fingerprint density at radius 1 is 1.15 bits per heavy atom. The highest BCUT2D eigenvalue weighted by Gasteiger charge is 2.15. The molecule has 20 heavy (non-hydrogen) atoms. The van der Waals surface area contributed by atoms with Crippen molar-refractivity contribution < 1.29 is 22.5 Å². The Kier molecular flexibility index (Phi) is 4.06. The molecule has 0 fully saturated rings. The Bertz CT molecular complexity index is 708. The van der Waals surface area contributed by atoms with Crippen LogP contribution < -0.4 is 9.57 Å². The molecule has 1 heterocycles. The lowest BCUT2D eigenvalue weighted by Crippen LogP contribution is -2.47. The molecule has 2 rings (SSSR count). The molecule has 5 nitrogen and oxygen atoms in total. The van der Waals surface area contributed by atoms with Crippen molar-refractivity contribution in [1.29, 1.82) is 0 Å². The highest BCUT2D eigenvalue weighted by Crippen LogP contribution is 2.12. The molecule has 6 heteroatoms. The minimum absolute atomic E-state index is 0.217. The van der Waals surface area contributed by atoms with E-state index in [1.807, 2.05) is 25.1 Å². The number of pyridine rings is 1. The second kappa shape index (κ2) is 5.60. The van der Waals surface area contributed by atoms with E-state index in [2.05, 4.69) is 0 Å². The summed E-state index contributed by atoms with van der Waals surface area (Å²) in [6.07, 6.45) is 0.578. The Balaban J connectivity index is 2.29. The Morgan fingerprint density at radius 2 is 1.80 bits per heavy atom. The summed E-state index contributed by atoms with van der Waals surface area (Å²) < 4.78 is 34.3. The van der Waals surface area contributed by atoms with Crippen LogP contribution in [0.5, 0.6) is 0 Å². The second-order valence-electron chi connectivity index (χ2n) is 4.41. The van der Waals surface area contributed by atoms with Gasteiger partial charge in [0, 0.05) is 23.8 Å². The van der Waals surface area contributed by atoms with Crippen LogP contribution in [0.3, 0.4) is 0 Å². The first-order valence-corrected chi connectivity index (χ1v) is 7.42. The molecule has 0 unspecified atom stereocenters. The summed E-state index contributed by atoms with van der Waals surface area (Å²) >= 11 is 0. The molecule has 0 N–H and O–H groups in total. The summed E-state index contributed by atoms with van der Waals surface area (Å²) in [6.45, 7) is 1.93. The van der Waals surface area contributed by atoms with Gasteiger partial charge in [0.15, 0.2) is 0 Å². The fourth-order valence-corrected chi connectivity index (χ4v) is 2.50. The smallest absolute Gasteiger partial charge is 0.239 e. The number of hydrogen-bond donors (Lipinski definition) is 0. The maximum Gasteiger partial charge on any atom is 0.239 e. The molecule has 0 spiro atoms. The van der Waals surface area contributed by atoms with Crippen LogP contribution >= 0.6 is 0 Å². The summed E-state index contributed by atoms with van der Waals surface area (Å²) in [4.78, 5) is 5.08. The molecule has 106 valence electrons. The van der Waals surface area contributed by atoms with Crippen molar-refractivity contribution in [2.75, 3.05) is 7.11 Å². The van der Waals surface area contributed by atoms with Crippen LogP contribution in [-0.4, -0.2) is 20.1 Å². The van der Waals surface area contributed by atoms with Crippen molar-refractivity contribution in [2.24, 2.45) is 0 Å². The molecule has 0 aliphatic heterocycles. The standard InChI is InChI=1S/C14H15NO4S/c1-11-4-3-5-13(15(11)19-2)10-12-6-8-14(9-7-12)20(16,17)18/h3-9H,10H2,1-2H3. The van der Waals surface area contributed by atoms with Crippen LogP contribution in [0.15, 0.2) is 47.4 Å². The van der Waals surface area contributed by atoms with Gasteiger partial charge in [-0.15, -0.1) is 0 Å². The van der Waals surface area contributed by atoms with E-state index in [0.29, 0.717) is 6.42 Å². The van der Waals surface area contributed by atoms with Gasteiger partial charge in [-0.1, -0.05) is 12.1 Å². The molecule has 0 atom stereocenters. The SMILES string of the molecule is CO[n+]1c(C)cccc1Cc1ccc(S(=O)(=O)[O-])cc1. The molecule has 0 saturated carbocycles. The van der Waals surface area contributed by atoms with Gasteiger partial charge in [-0.25, -0.2) is 8.42 Å². The zero-order valence-corrected chi connectivity index (χ0v) is 12.1. The third-order valence-corrected chi connectivity index (χ3v) is 3.84. The molecule has 2 aromatic rings. The van der Waals surface area contributed by atoms with Gasteiger partial charge >= 0.3 is 0 Å². The van der Waals surface area contributed by atoms with E-state index in [-0.39, 0.29) is 4.90 Å². The summed E-state index contributed by atoms with van der Waals surface area (Å²) in [5.41, 5.74) is 2.79. The first-order chi connectivity index (χ1) is 9.41. The normalized spacial score (nSPS) is 11.3. The average Bonchev–Trinajstić information content (AvgIpc) is 2.38. The van der Waals surface area contributed by atoms with E-state index < -0.39 is 10.1 Å². The highest BCUT2D eigenvalue weighted by molar-refractivity contribution is 7.85.